The zero-order valence-electron chi connectivity index (χ0n) is 7.74. The molecule has 0 radical (unpaired) electrons. The first-order chi connectivity index (χ1) is 6.84. The molecular formula is C11H12FNO. The molecule has 74 valence electrons. The number of rotatable bonds is 2. The molecule has 0 amide bonds. The molecule has 0 saturated carbocycles. The van der Waals surface area contributed by atoms with Crippen LogP contribution in [0.3, 0.4) is 0 Å². The molecule has 1 atom stereocenters. The van der Waals surface area contributed by atoms with Gasteiger partial charge in [-0.3, -0.25) is 5.32 Å². The maximum atomic E-state index is 12.6. The van der Waals surface area contributed by atoms with E-state index in [-0.39, 0.29) is 12.0 Å². The maximum absolute atomic E-state index is 12.6. The van der Waals surface area contributed by atoms with Crippen LogP contribution in [-0.4, -0.2) is 19.4 Å². The minimum absolute atomic E-state index is 0.0000491. The number of nitrogens with one attached hydrogen (secondary N) is 1. The van der Waals surface area contributed by atoms with Gasteiger partial charge in [0.25, 0.3) is 0 Å². The first-order valence-corrected chi connectivity index (χ1v) is 4.63. The molecular weight excluding hydrogens is 181 g/mol. The molecule has 1 heterocycles. The molecule has 1 N–H and O–H groups in total. The predicted molar refractivity (Wildman–Crippen MR) is 53.2 cm³/mol. The highest BCUT2D eigenvalue weighted by molar-refractivity contribution is 5.49. The van der Waals surface area contributed by atoms with Crippen LogP contribution in [0.25, 0.3) is 6.08 Å². The van der Waals surface area contributed by atoms with E-state index in [0.29, 0.717) is 0 Å². The van der Waals surface area contributed by atoms with Gasteiger partial charge in [0.05, 0.1) is 6.61 Å². The molecule has 1 fully saturated rings. The number of halogens is 1. The second-order valence-corrected chi connectivity index (χ2v) is 3.16. The van der Waals surface area contributed by atoms with Crippen LogP contribution < -0.4 is 5.32 Å². The molecule has 2 rings (SSSR count). The van der Waals surface area contributed by atoms with Crippen molar-refractivity contribution in [2.75, 3.05) is 13.2 Å². The van der Waals surface area contributed by atoms with E-state index in [2.05, 4.69) is 5.32 Å². The van der Waals surface area contributed by atoms with Crippen LogP contribution in [0.15, 0.2) is 30.3 Å². The van der Waals surface area contributed by atoms with E-state index in [4.69, 9.17) is 4.74 Å². The lowest BCUT2D eigenvalue weighted by Gasteiger charge is -2.02. The van der Waals surface area contributed by atoms with E-state index in [9.17, 15) is 4.39 Å². The number of benzene rings is 1. The highest BCUT2D eigenvalue weighted by Crippen LogP contribution is 2.06. The summed E-state index contributed by atoms with van der Waals surface area (Å²) in [6.45, 7) is 1.64. The predicted octanol–water partition coefficient (Wildman–Crippen LogP) is 1.78. The lowest BCUT2D eigenvalue weighted by Crippen LogP contribution is -2.19. The summed E-state index contributed by atoms with van der Waals surface area (Å²) >= 11 is 0. The highest BCUT2D eigenvalue weighted by atomic mass is 19.1. The Morgan fingerprint density at radius 2 is 2.14 bits per heavy atom. The third kappa shape index (κ3) is 2.40. The van der Waals surface area contributed by atoms with Gasteiger partial charge >= 0.3 is 0 Å². The molecule has 1 unspecified atom stereocenters. The van der Waals surface area contributed by atoms with Gasteiger partial charge in [-0.2, -0.15) is 0 Å². The van der Waals surface area contributed by atoms with Gasteiger partial charge in [-0.25, -0.2) is 4.39 Å². The van der Waals surface area contributed by atoms with Gasteiger partial charge in [0.2, 0.25) is 0 Å². The standard InChI is InChI=1S/C11H12FNO/c12-10-4-1-9(2-5-10)3-6-11-13-7-8-14-11/h1-6,11,13H,7-8H2. The molecule has 1 aromatic rings. The second kappa shape index (κ2) is 4.35. The SMILES string of the molecule is Fc1ccc(C=CC2NCCO2)cc1. The van der Waals surface area contributed by atoms with Crippen molar-refractivity contribution in [2.45, 2.75) is 6.23 Å². The zero-order valence-corrected chi connectivity index (χ0v) is 7.74. The van der Waals surface area contributed by atoms with Crippen molar-refractivity contribution in [1.82, 2.24) is 5.32 Å². The molecule has 1 aliphatic heterocycles. The van der Waals surface area contributed by atoms with E-state index in [1.165, 1.54) is 12.1 Å². The molecule has 1 aliphatic rings. The number of hydrogen-bond donors (Lipinski definition) is 1. The molecule has 1 saturated heterocycles. The molecule has 2 nitrogen and oxygen atoms in total. The Bertz CT molecular complexity index is 315. The van der Waals surface area contributed by atoms with Gasteiger partial charge in [-0.05, 0) is 23.8 Å². The van der Waals surface area contributed by atoms with Crippen molar-refractivity contribution >= 4 is 6.08 Å². The topological polar surface area (TPSA) is 21.3 Å². The number of ether oxygens (including phenoxy) is 1. The largest absolute Gasteiger partial charge is 0.358 e. The molecule has 3 heteroatoms. The van der Waals surface area contributed by atoms with Gasteiger partial charge in [0.15, 0.2) is 0 Å². The second-order valence-electron chi connectivity index (χ2n) is 3.16. The van der Waals surface area contributed by atoms with E-state index < -0.39 is 0 Å². The van der Waals surface area contributed by atoms with Crippen molar-refractivity contribution in [3.05, 3.63) is 41.7 Å². The summed E-state index contributed by atoms with van der Waals surface area (Å²) in [6.07, 6.45) is 3.85. The summed E-state index contributed by atoms with van der Waals surface area (Å²) in [5, 5.41) is 3.16. The Morgan fingerprint density at radius 3 is 2.79 bits per heavy atom. The van der Waals surface area contributed by atoms with E-state index in [1.54, 1.807) is 12.1 Å². The smallest absolute Gasteiger partial charge is 0.127 e. The molecule has 0 spiro atoms. The van der Waals surface area contributed by atoms with E-state index >= 15 is 0 Å². The van der Waals surface area contributed by atoms with Crippen LogP contribution in [0.4, 0.5) is 4.39 Å². The lowest BCUT2D eigenvalue weighted by atomic mass is 10.2. The van der Waals surface area contributed by atoms with Crippen LogP contribution in [0, 0.1) is 5.82 Å². The zero-order chi connectivity index (χ0) is 9.80. The highest BCUT2D eigenvalue weighted by Gasteiger charge is 2.09. The van der Waals surface area contributed by atoms with E-state index in [1.807, 2.05) is 12.2 Å². The fourth-order valence-electron chi connectivity index (χ4n) is 1.34. The third-order valence-corrected chi connectivity index (χ3v) is 2.08. The van der Waals surface area contributed by atoms with Gasteiger partial charge in [0, 0.05) is 6.54 Å². The first-order valence-electron chi connectivity index (χ1n) is 4.63. The van der Waals surface area contributed by atoms with Crippen LogP contribution in [0.5, 0.6) is 0 Å². The summed E-state index contributed by atoms with van der Waals surface area (Å²) in [5.41, 5.74) is 0.976. The maximum Gasteiger partial charge on any atom is 0.127 e. The summed E-state index contributed by atoms with van der Waals surface area (Å²) in [7, 11) is 0. The van der Waals surface area contributed by atoms with Crippen LogP contribution >= 0.6 is 0 Å². The van der Waals surface area contributed by atoms with Gasteiger partial charge in [0.1, 0.15) is 12.0 Å². The minimum atomic E-state index is -0.211. The Balaban J connectivity index is 1.99. The van der Waals surface area contributed by atoms with Crippen molar-refractivity contribution in [3.8, 4) is 0 Å². The normalized spacial score (nSPS) is 21.9. The quantitative estimate of drug-likeness (QED) is 0.773. The molecule has 14 heavy (non-hydrogen) atoms. The minimum Gasteiger partial charge on any atom is -0.358 e. The summed E-state index contributed by atoms with van der Waals surface area (Å²) in [5.74, 6) is -0.211. The monoisotopic (exact) mass is 193 g/mol. The van der Waals surface area contributed by atoms with Crippen LogP contribution in [0.2, 0.25) is 0 Å². The average Bonchev–Trinajstić information content (AvgIpc) is 2.70. The Morgan fingerprint density at radius 1 is 1.36 bits per heavy atom. The summed E-state index contributed by atoms with van der Waals surface area (Å²) in [4.78, 5) is 0. The van der Waals surface area contributed by atoms with Crippen LogP contribution in [-0.2, 0) is 4.74 Å². The Hall–Kier alpha value is -1.19. The third-order valence-electron chi connectivity index (χ3n) is 2.08. The molecule has 1 aromatic carbocycles. The number of hydrogen-bond acceptors (Lipinski definition) is 2. The van der Waals surface area contributed by atoms with Crippen molar-refractivity contribution in [1.29, 1.82) is 0 Å². The van der Waals surface area contributed by atoms with E-state index in [0.717, 1.165) is 18.7 Å². The molecule has 0 aliphatic carbocycles. The fourth-order valence-corrected chi connectivity index (χ4v) is 1.34. The lowest BCUT2D eigenvalue weighted by molar-refractivity contribution is 0.138. The molecule has 0 bridgehead atoms. The Kier molecular flexibility index (Phi) is 2.91. The van der Waals surface area contributed by atoms with Gasteiger partial charge in [-0.15, -0.1) is 0 Å². The van der Waals surface area contributed by atoms with Crippen molar-refractivity contribution in [2.24, 2.45) is 0 Å². The van der Waals surface area contributed by atoms with Crippen molar-refractivity contribution < 1.29 is 9.13 Å². The summed E-state index contributed by atoms with van der Waals surface area (Å²) in [6, 6.07) is 6.37. The van der Waals surface area contributed by atoms with Gasteiger partial charge < -0.3 is 4.74 Å². The van der Waals surface area contributed by atoms with Gasteiger partial charge in [-0.1, -0.05) is 18.2 Å². The van der Waals surface area contributed by atoms with Crippen LogP contribution in [0.1, 0.15) is 5.56 Å². The Labute approximate surface area is 82.4 Å². The first kappa shape index (κ1) is 9.37. The van der Waals surface area contributed by atoms with Crippen molar-refractivity contribution in [3.63, 3.8) is 0 Å². The molecule has 0 aromatic heterocycles. The fraction of sp³-hybridized carbons (Fsp3) is 0.273. The average molecular weight is 193 g/mol. The summed E-state index contributed by atoms with van der Waals surface area (Å²) < 4.78 is 17.9.